The molecule has 1 aromatic carbocycles. The van der Waals surface area contributed by atoms with Crippen molar-refractivity contribution in [2.45, 2.75) is 0 Å². The predicted octanol–water partition coefficient (Wildman–Crippen LogP) is 3.24. The monoisotopic (exact) mass is 237 g/mol. The van der Waals surface area contributed by atoms with Gasteiger partial charge in [-0.25, -0.2) is 0 Å². The Balaban J connectivity index is 0.000000135. The molecule has 0 aliphatic carbocycles. The molecule has 0 spiro atoms. The van der Waals surface area contributed by atoms with E-state index < -0.39 is 0 Å². The van der Waals surface area contributed by atoms with Crippen LogP contribution in [0.15, 0.2) is 91.8 Å². The Hall–Kier alpha value is -2.55. The molecule has 2 heterocycles. The minimum atomic E-state index is 1.64. The fourth-order valence-corrected chi connectivity index (χ4v) is 0.951. The number of hydrogen-bond donors (Lipinski definition) is 0. The second-order valence-electron chi connectivity index (χ2n) is 3.07. The molecule has 0 N–H and O–H groups in total. The van der Waals surface area contributed by atoms with Crippen molar-refractivity contribution >= 4 is 0 Å². The Labute approximate surface area is 107 Å². The second kappa shape index (κ2) is 11.0. The van der Waals surface area contributed by atoms with Gasteiger partial charge in [0.05, 0.1) is 0 Å². The topological polar surface area (TPSA) is 38.7 Å². The van der Waals surface area contributed by atoms with Crippen molar-refractivity contribution in [1.82, 2.24) is 15.0 Å². The van der Waals surface area contributed by atoms with Gasteiger partial charge in [-0.05, 0) is 12.1 Å². The third-order valence-electron chi connectivity index (χ3n) is 1.71. The van der Waals surface area contributed by atoms with E-state index in [4.69, 9.17) is 0 Å². The van der Waals surface area contributed by atoms with Crippen LogP contribution in [0.3, 0.4) is 0 Å². The van der Waals surface area contributed by atoms with Crippen LogP contribution >= 0.6 is 0 Å². The van der Waals surface area contributed by atoms with Crippen LogP contribution in [0.1, 0.15) is 0 Å². The largest absolute Gasteiger partial charge is 0.265 e. The zero-order valence-electron chi connectivity index (χ0n) is 10.0. The van der Waals surface area contributed by atoms with Crippen LogP contribution < -0.4 is 0 Å². The maximum absolute atomic E-state index is 3.78. The van der Waals surface area contributed by atoms with E-state index in [1.54, 1.807) is 37.2 Å². The highest BCUT2D eigenvalue weighted by Gasteiger charge is 1.59. The van der Waals surface area contributed by atoms with E-state index in [1.165, 1.54) is 0 Å². The van der Waals surface area contributed by atoms with Gasteiger partial charge >= 0.3 is 0 Å². The summed E-state index contributed by atoms with van der Waals surface area (Å²) < 4.78 is 0. The van der Waals surface area contributed by atoms with Gasteiger partial charge in [-0.2, -0.15) is 0 Å². The summed E-state index contributed by atoms with van der Waals surface area (Å²) in [5.41, 5.74) is 0. The zero-order chi connectivity index (χ0) is 12.7. The van der Waals surface area contributed by atoms with Crippen LogP contribution in [0.25, 0.3) is 0 Å². The van der Waals surface area contributed by atoms with E-state index >= 15 is 0 Å². The van der Waals surface area contributed by atoms with E-state index in [9.17, 15) is 0 Å². The Morgan fingerprint density at radius 1 is 0.278 bits per heavy atom. The van der Waals surface area contributed by atoms with E-state index in [0.717, 1.165) is 0 Å². The lowest BCUT2D eigenvalue weighted by Gasteiger charge is -1.70. The van der Waals surface area contributed by atoms with Crippen LogP contribution in [-0.2, 0) is 0 Å². The molecular formula is C15H15N3. The molecule has 0 aliphatic heterocycles. The summed E-state index contributed by atoms with van der Waals surface area (Å²) >= 11 is 0. The first kappa shape index (κ1) is 13.5. The predicted molar refractivity (Wildman–Crippen MR) is 72.7 cm³/mol. The lowest BCUT2D eigenvalue weighted by Crippen LogP contribution is -1.66. The zero-order valence-corrected chi connectivity index (χ0v) is 10.0. The van der Waals surface area contributed by atoms with E-state index in [-0.39, 0.29) is 0 Å². The number of pyridine rings is 1. The maximum Gasteiger partial charge on any atom is 0.0451 e. The van der Waals surface area contributed by atoms with E-state index in [2.05, 4.69) is 15.0 Å². The fourth-order valence-electron chi connectivity index (χ4n) is 0.951. The average molecular weight is 237 g/mol. The Bertz CT molecular complexity index is 302. The number of nitrogens with zero attached hydrogens (tertiary/aromatic N) is 3. The molecule has 0 radical (unpaired) electrons. The smallest absolute Gasteiger partial charge is 0.0451 e. The number of benzene rings is 1. The highest BCUT2D eigenvalue weighted by atomic mass is 14.7. The third-order valence-corrected chi connectivity index (χ3v) is 1.71. The van der Waals surface area contributed by atoms with Crippen LogP contribution in [-0.4, -0.2) is 15.0 Å². The minimum Gasteiger partial charge on any atom is -0.265 e. The normalized spacial score (nSPS) is 8.00. The van der Waals surface area contributed by atoms with Gasteiger partial charge in [-0.15, -0.1) is 0 Å². The van der Waals surface area contributed by atoms with Gasteiger partial charge in [-0.1, -0.05) is 42.5 Å². The molecule has 0 saturated carbocycles. The third kappa shape index (κ3) is 8.73. The van der Waals surface area contributed by atoms with Gasteiger partial charge in [0.25, 0.3) is 0 Å². The molecular weight excluding hydrogens is 222 g/mol. The summed E-state index contributed by atoms with van der Waals surface area (Å²) in [6.45, 7) is 0. The first-order valence-corrected chi connectivity index (χ1v) is 5.55. The molecule has 2 aromatic heterocycles. The van der Waals surface area contributed by atoms with E-state index in [0.29, 0.717) is 0 Å². The molecule has 0 unspecified atom stereocenters. The molecule has 0 aliphatic rings. The summed E-state index contributed by atoms with van der Waals surface area (Å²) in [4.78, 5) is 11.2. The number of hydrogen-bond acceptors (Lipinski definition) is 3. The molecule has 0 fully saturated rings. The van der Waals surface area contributed by atoms with Gasteiger partial charge in [0.1, 0.15) is 0 Å². The molecule has 0 amide bonds. The van der Waals surface area contributed by atoms with Crippen LogP contribution in [0, 0.1) is 0 Å². The quantitative estimate of drug-likeness (QED) is 0.602. The molecule has 3 nitrogen and oxygen atoms in total. The standard InChI is InChI=1S/C6H6.C5H5N.C4H4N2/c2*1-2-4-6-5-3-1;1-2-6-4-3-5-1/h1-6H;1-5H;1-4H. The van der Waals surface area contributed by atoms with Crippen LogP contribution in [0.4, 0.5) is 0 Å². The molecule has 0 saturated heterocycles. The molecule has 3 rings (SSSR count). The summed E-state index contributed by atoms with van der Waals surface area (Å²) in [6.07, 6.45) is 10.1. The summed E-state index contributed by atoms with van der Waals surface area (Å²) in [5.74, 6) is 0. The molecule has 90 valence electrons. The second-order valence-corrected chi connectivity index (χ2v) is 3.07. The first-order valence-electron chi connectivity index (χ1n) is 5.55. The van der Waals surface area contributed by atoms with Gasteiger partial charge in [0.2, 0.25) is 0 Å². The van der Waals surface area contributed by atoms with E-state index in [1.807, 2.05) is 54.6 Å². The van der Waals surface area contributed by atoms with Crippen molar-refractivity contribution < 1.29 is 0 Å². The summed E-state index contributed by atoms with van der Waals surface area (Å²) in [5, 5.41) is 0. The van der Waals surface area contributed by atoms with Crippen LogP contribution in [0.2, 0.25) is 0 Å². The van der Waals surface area contributed by atoms with Crippen molar-refractivity contribution in [1.29, 1.82) is 0 Å². The van der Waals surface area contributed by atoms with Crippen molar-refractivity contribution in [3.63, 3.8) is 0 Å². The highest BCUT2D eigenvalue weighted by Crippen LogP contribution is 1.79. The van der Waals surface area contributed by atoms with Crippen molar-refractivity contribution in [3.8, 4) is 0 Å². The van der Waals surface area contributed by atoms with Crippen molar-refractivity contribution in [3.05, 3.63) is 91.8 Å². The molecule has 3 heteroatoms. The maximum atomic E-state index is 3.78. The van der Waals surface area contributed by atoms with Gasteiger partial charge in [-0.3, -0.25) is 15.0 Å². The Morgan fingerprint density at radius 2 is 0.556 bits per heavy atom. The Kier molecular flexibility index (Phi) is 8.22. The number of rotatable bonds is 0. The minimum absolute atomic E-state index is 1.64. The summed E-state index contributed by atoms with van der Waals surface area (Å²) in [7, 11) is 0. The lowest BCUT2D eigenvalue weighted by atomic mass is 10.4. The van der Waals surface area contributed by atoms with Crippen molar-refractivity contribution in [2.75, 3.05) is 0 Å². The highest BCUT2D eigenvalue weighted by molar-refractivity contribution is 4.99. The molecule has 0 atom stereocenters. The first-order chi connectivity index (χ1) is 9.00. The molecule has 3 aromatic rings. The molecule has 18 heavy (non-hydrogen) atoms. The summed E-state index contributed by atoms with van der Waals surface area (Å²) in [6, 6.07) is 17.7. The molecule has 0 bridgehead atoms. The fraction of sp³-hybridized carbons (Fsp3) is 0. The van der Waals surface area contributed by atoms with Crippen LogP contribution in [0.5, 0.6) is 0 Å². The van der Waals surface area contributed by atoms with Crippen molar-refractivity contribution in [2.24, 2.45) is 0 Å². The number of aromatic nitrogens is 3. The van der Waals surface area contributed by atoms with Gasteiger partial charge < -0.3 is 0 Å². The Morgan fingerprint density at radius 3 is 0.722 bits per heavy atom. The lowest BCUT2D eigenvalue weighted by molar-refractivity contribution is 1.20. The SMILES string of the molecule is c1ccccc1.c1ccncc1.c1cnccn1. The van der Waals surface area contributed by atoms with Gasteiger partial charge in [0, 0.05) is 37.2 Å². The van der Waals surface area contributed by atoms with Gasteiger partial charge in [0.15, 0.2) is 0 Å². The average Bonchev–Trinajstić information content (AvgIpc) is 2.54.